The van der Waals surface area contributed by atoms with Gasteiger partial charge in [0.2, 0.25) is 0 Å². The molecule has 2 atom stereocenters. The summed E-state index contributed by atoms with van der Waals surface area (Å²) in [5.41, 5.74) is 0. The van der Waals surface area contributed by atoms with Crippen LogP contribution in [0.1, 0.15) is 19.3 Å². The summed E-state index contributed by atoms with van der Waals surface area (Å²) in [7, 11) is 0. The number of nitrogens with one attached hydrogen (secondary N) is 3. The van der Waals surface area contributed by atoms with Crippen molar-refractivity contribution in [2.75, 3.05) is 31.1 Å². The maximum Gasteiger partial charge on any atom is 0.315 e. The number of hydrogen-bond acceptors (Lipinski definition) is 3. The predicted molar refractivity (Wildman–Crippen MR) is 67.9 cm³/mol. The average molecular weight is 243 g/mol. The maximum atomic E-state index is 11.6. The number of thioether (sulfide) groups is 1. The molecule has 0 spiro atoms. The highest BCUT2D eigenvalue weighted by molar-refractivity contribution is 7.99. The molecule has 2 aliphatic heterocycles. The summed E-state index contributed by atoms with van der Waals surface area (Å²) in [6, 6.07) is 0.324. The molecule has 2 heterocycles. The molecule has 2 aliphatic rings. The molecule has 0 bridgehead atoms. The van der Waals surface area contributed by atoms with Gasteiger partial charge in [0.15, 0.2) is 0 Å². The molecule has 2 rings (SSSR count). The number of carbonyl (C=O) groups excluding carboxylic acids is 1. The zero-order valence-electron chi connectivity index (χ0n) is 9.63. The Hall–Kier alpha value is -0.420. The van der Waals surface area contributed by atoms with Gasteiger partial charge >= 0.3 is 6.03 Å². The van der Waals surface area contributed by atoms with Gasteiger partial charge in [0.05, 0.1) is 0 Å². The van der Waals surface area contributed by atoms with Crippen LogP contribution in [0, 0.1) is 5.92 Å². The van der Waals surface area contributed by atoms with E-state index in [4.69, 9.17) is 0 Å². The van der Waals surface area contributed by atoms with Crippen molar-refractivity contribution in [1.29, 1.82) is 0 Å². The van der Waals surface area contributed by atoms with E-state index in [-0.39, 0.29) is 6.03 Å². The number of amides is 2. The van der Waals surface area contributed by atoms with Crippen LogP contribution in [0.5, 0.6) is 0 Å². The Kier molecular flexibility index (Phi) is 4.78. The third kappa shape index (κ3) is 3.87. The summed E-state index contributed by atoms with van der Waals surface area (Å²) in [6.07, 6.45) is 3.61. The van der Waals surface area contributed by atoms with E-state index in [0.29, 0.717) is 12.0 Å². The molecule has 2 unspecified atom stereocenters. The van der Waals surface area contributed by atoms with Crippen LogP contribution in [-0.2, 0) is 0 Å². The van der Waals surface area contributed by atoms with E-state index < -0.39 is 0 Å². The number of carbonyl (C=O) groups is 1. The summed E-state index contributed by atoms with van der Waals surface area (Å²) in [6.45, 7) is 2.76. The first kappa shape index (κ1) is 12.0. The van der Waals surface area contributed by atoms with Crippen molar-refractivity contribution in [1.82, 2.24) is 16.0 Å². The van der Waals surface area contributed by atoms with Gasteiger partial charge < -0.3 is 16.0 Å². The SMILES string of the molecule is O=C(NCC1CCCSC1)NC1CCNC1. The molecule has 0 saturated carbocycles. The standard InChI is InChI=1S/C11H21N3OS/c15-11(14-10-3-4-12-7-10)13-6-9-2-1-5-16-8-9/h9-10,12H,1-8H2,(H2,13,14,15). The van der Waals surface area contributed by atoms with E-state index in [1.807, 2.05) is 11.8 Å². The van der Waals surface area contributed by atoms with E-state index >= 15 is 0 Å². The lowest BCUT2D eigenvalue weighted by Gasteiger charge is -2.22. The molecular weight excluding hydrogens is 222 g/mol. The summed E-state index contributed by atoms with van der Waals surface area (Å²) in [5.74, 6) is 3.16. The van der Waals surface area contributed by atoms with Crippen LogP contribution >= 0.6 is 11.8 Å². The molecular formula is C11H21N3OS. The van der Waals surface area contributed by atoms with E-state index in [9.17, 15) is 4.79 Å². The van der Waals surface area contributed by atoms with Gasteiger partial charge in [-0.25, -0.2) is 4.79 Å². The molecule has 0 radical (unpaired) electrons. The predicted octanol–water partition coefficient (Wildman–Crippen LogP) is 0.791. The third-order valence-electron chi connectivity index (χ3n) is 3.20. The highest BCUT2D eigenvalue weighted by atomic mass is 32.2. The minimum Gasteiger partial charge on any atom is -0.338 e. The molecule has 0 aromatic rings. The van der Waals surface area contributed by atoms with Crippen LogP contribution in [0.3, 0.4) is 0 Å². The first-order valence-electron chi connectivity index (χ1n) is 6.17. The second kappa shape index (κ2) is 6.35. The molecule has 2 saturated heterocycles. The Bertz CT molecular complexity index is 225. The molecule has 0 aromatic heterocycles. The van der Waals surface area contributed by atoms with E-state index in [1.165, 1.54) is 24.3 Å². The second-order valence-electron chi connectivity index (χ2n) is 4.63. The van der Waals surface area contributed by atoms with Gasteiger partial charge in [0.25, 0.3) is 0 Å². The Balaban J connectivity index is 1.59. The Morgan fingerprint density at radius 3 is 3.06 bits per heavy atom. The smallest absolute Gasteiger partial charge is 0.315 e. The van der Waals surface area contributed by atoms with Crippen LogP contribution in [0.15, 0.2) is 0 Å². The van der Waals surface area contributed by atoms with Crippen molar-refractivity contribution >= 4 is 17.8 Å². The minimum atomic E-state index is 0.00396. The van der Waals surface area contributed by atoms with Gasteiger partial charge in [0.1, 0.15) is 0 Å². The lowest BCUT2D eigenvalue weighted by atomic mass is 10.1. The zero-order valence-corrected chi connectivity index (χ0v) is 10.4. The zero-order chi connectivity index (χ0) is 11.2. The van der Waals surface area contributed by atoms with Gasteiger partial charge in [-0.15, -0.1) is 0 Å². The number of rotatable bonds is 3. The highest BCUT2D eigenvalue weighted by Gasteiger charge is 2.18. The van der Waals surface area contributed by atoms with Gasteiger partial charge in [-0.1, -0.05) is 0 Å². The van der Waals surface area contributed by atoms with Crippen molar-refractivity contribution in [3.05, 3.63) is 0 Å². The van der Waals surface area contributed by atoms with Crippen LogP contribution < -0.4 is 16.0 Å². The molecule has 0 aromatic carbocycles. The Labute approximate surface area is 101 Å². The molecule has 16 heavy (non-hydrogen) atoms. The summed E-state index contributed by atoms with van der Waals surface area (Å²) in [5, 5.41) is 9.22. The van der Waals surface area contributed by atoms with Gasteiger partial charge in [-0.2, -0.15) is 11.8 Å². The molecule has 0 aliphatic carbocycles. The van der Waals surface area contributed by atoms with Crippen LogP contribution in [0.25, 0.3) is 0 Å². The summed E-state index contributed by atoms with van der Waals surface area (Å²) in [4.78, 5) is 11.6. The maximum absolute atomic E-state index is 11.6. The van der Waals surface area contributed by atoms with Crippen molar-refractivity contribution in [3.63, 3.8) is 0 Å². The van der Waals surface area contributed by atoms with Crippen LogP contribution in [0.4, 0.5) is 4.79 Å². The third-order valence-corrected chi connectivity index (χ3v) is 4.49. The second-order valence-corrected chi connectivity index (χ2v) is 5.78. The van der Waals surface area contributed by atoms with Crippen molar-refractivity contribution in [2.24, 2.45) is 5.92 Å². The monoisotopic (exact) mass is 243 g/mol. The van der Waals surface area contributed by atoms with E-state index in [0.717, 1.165) is 26.1 Å². The van der Waals surface area contributed by atoms with Crippen molar-refractivity contribution in [2.45, 2.75) is 25.3 Å². The molecule has 4 nitrogen and oxygen atoms in total. The number of urea groups is 1. The van der Waals surface area contributed by atoms with Crippen LogP contribution in [-0.4, -0.2) is 43.2 Å². The Morgan fingerprint density at radius 2 is 2.38 bits per heavy atom. The van der Waals surface area contributed by atoms with Gasteiger partial charge in [-0.3, -0.25) is 0 Å². The van der Waals surface area contributed by atoms with E-state index in [2.05, 4.69) is 16.0 Å². The first-order valence-corrected chi connectivity index (χ1v) is 7.33. The average Bonchev–Trinajstić information content (AvgIpc) is 2.81. The van der Waals surface area contributed by atoms with Crippen molar-refractivity contribution < 1.29 is 4.79 Å². The summed E-state index contributed by atoms with van der Waals surface area (Å²) < 4.78 is 0. The quantitative estimate of drug-likeness (QED) is 0.687. The molecule has 92 valence electrons. The fourth-order valence-electron chi connectivity index (χ4n) is 2.22. The first-order chi connectivity index (χ1) is 7.84. The minimum absolute atomic E-state index is 0.00396. The largest absolute Gasteiger partial charge is 0.338 e. The van der Waals surface area contributed by atoms with E-state index in [1.54, 1.807) is 0 Å². The molecule has 3 N–H and O–H groups in total. The fourth-order valence-corrected chi connectivity index (χ4v) is 3.38. The Morgan fingerprint density at radius 1 is 1.44 bits per heavy atom. The van der Waals surface area contributed by atoms with Gasteiger partial charge in [0, 0.05) is 19.1 Å². The molecule has 2 amide bonds. The lowest BCUT2D eigenvalue weighted by Crippen LogP contribution is -2.44. The van der Waals surface area contributed by atoms with Crippen LogP contribution in [0.2, 0.25) is 0 Å². The van der Waals surface area contributed by atoms with Crippen molar-refractivity contribution in [3.8, 4) is 0 Å². The normalized spacial score (nSPS) is 30.0. The molecule has 2 fully saturated rings. The lowest BCUT2D eigenvalue weighted by molar-refractivity contribution is 0.236. The molecule has 5 heteroatoms. The topological polar surface area (TPSA) is 53.2 Å². The number of hydrogen-bond donors (Lipinski definition) is 3. The van der Waals surface area contributed by atoms with Gasteiger partial charge in [-0.05, 0) is 43.2 Å². The highest BCUT2D eigenvalue weighted by Crippen LogP contribution is 2.21. The summed E-state index contributed by atoms with van der Waals surface area (Å²) >= 11 is 2.01. The fraction of sp³-hybridized carbons (Fsp3) is 0.909.